The number of anilines is 2. The minimum absolute atomic E-state index is 0.150. The maximum absolute atomic E-state index is 12.6. The molecule has 0 bridgehead atoms. The Labute approximate surface area is 269 Å². The zero-order valence-electron chi connectivity index (χ0n) is 25.6. The quantitative estimate of drug-likeness (QED) is 0.221. The van der Waals surface area contributed by atoms with Crippen LogP contribution in [0, 0.1) is 16.7 Å². The first kappa shape index (κ1) is 29.8. The Bertz CT molecular complexity index is 1650. The molecule has 234 valence electrons. The Morgan fingerprint density at radius 2 is 1.96 bits per heavy atom. The molecule has 0 N–H and O–H groups in total. The van der Waals surface area contributed by atoms with Gasteiger partial charge in [-0.05, 0) is 67.5 Å². The lowest BCUT2D eigenvalue weighted by molar-refractivity contribution is -0.128. The highest BCUT2D eigenvalue weighted by Crippen LogP contribution is 2.58. The van der Waals surface area contributed by atoms with Crippen molar-refractivity contribution < 1.29 is 14.3 Å². The number of piperazine rings is 1. The average molecular weight is 627 g/mol. The van der Waals surface area contributed by atoms with Gasteiger partial charge in [-0.2, -0.15) is 15.2 Å². The van der Waals surface area contributed by atoms with Gasteiger partial charge in [-0.3, -0.25) is 4.79 Å². The van der Waals surface area contributed by atoms with E-state index in [4.69, 9.17) is 31.0 Å². The third-order valence-electron chi connectivity index (χ3n) is 10.0. The van der Waals surface area contributed by atoms with Crippen LogP contribution >= 0.6 is 11.6 Å². The summed E-state index contributed by atoms with van der Waals surface area (Å²) in [4.78, 5) is 28.7. The van der Waals surface area contributed by atoms with E-state index < -0.39 is 0 Å². The molecule has 2 aromatic carbocycles. The number of hydrogen-bond donors (Lipinski definition) is 0. The van der Waals surface area contributed by atoms with Crippen molar-refractivity contribution in [1.82, 2.24) is 14.9 Å². The van der Waals surface area contributed by atoms with Crippen LogP contribution < -0.4 is 14.5 Å². The van der Waals surface area contributed by atoms with Crippen LogP contribution in [-0.2, 0) is 22.5 Å². The van der Waals surface area contributed by atoms with Crippen LogP contribution in [0.15, 0.2) is 49.1 Å². The van der Waals surface area contributed by atoms with Crippen molar-refractivity contribution in [1.29, 1.82) is 5.26 Å². The Hall–Kier alpha value is -3.87. The molecule has 1 unspecified atom stereocenters. The summed E-state index contributed by atoms with van der Waals surface area (Å²) in [5.74, 6) is 0.675. The van der Waals surface area contributed by atoms with Crippen LogP contribution in [0.3, 0.4) is 0 Å². The van der Waals surface area contributed by atoms with E-state index in [0.29, 0.717) is 56.9 Å². The lowest BCUT2D eigenvalue weighted by atomic mass is 10.0. The summed E-state index contributed by atoms with van der Waals surface area (Å²) in [6.07, 6.45) is 8.92. The Morgan fingerprint density at radius 1 is 1.11 bits per heavy atom. The fourth-order valence-electron chi connectivity index (χ4n) is 7.47. The number of rotatable bonds is 9. The number of carbonyl (C=O) groups is 1. The third-order valence-corrected chi connectivity index (χ3v) is 10.4. The van der Waals surface area contributed by atoms with Gasteiger partial charge in [0, 0.05) is 42.8 Å². The number of halogens is 1. The zero-order chi connectivity index (χ0) is 31.0. The van der Waals surface area contributed by atoms with Gasteiger partial charge in [0.25, 0.3) is 0 Å². The highest BCUT2D eigenvalue weighted by Gasteiger charge is 2.48. The van der Waals surface area contributed by atoms with Gasteiger partial charge in [0.15, 0.2) is 0 Å². The summed E-state index contributed by atoms with van der Waals surface area (Å²) in [6, 6.07) is 14.6. The first-order valence-electron chi connectivity index (χ1n) is 16.1. The van der Waals surface area contributed by atoms with Crippen molar-refractivity contribution in [2.45, 2.75) is 63.6 Å². The first-order chi connectivity index (χ1) is 22.0. The van der Waals surface area contributed by atoms with Crippen molar-refractivity contribution in [3.63, 3.8) is 0 Å². The molecular weight excluding hydrogens is 588 g/mol. The Morgan fingerprint density at radius 3 is 2.73 bits per heavy atom. The molecule has 1 saturated heterocycles. The number of carbonyl (C=O) groups excluding carboxylic acids is 1. The van der Waals surface area contributed by atoms with Crippen LogP contribution in [0.5, 0.6) is 6.01 Å². The SMILES string of the molecule is C=CC(=O)N1CCN(c2nc(OCCOC3CCC4(CC4)C3)nc3c2CCN(c2cccc4cccc(Cl)c24)C3)C[C@@H]1CC#N. The molecule has 45 heavy (non-hydrogen) atoms. The second-order valence-corrected chi connectivity index (χ2v) is 13.2. The number of ether oxygens (including phenoxy) is 2. The average Bonchev–Trinajstić information content (AvgIpc) is 3.71. The van der Waals surface area contributed by atoms with E-state index >= 15 is 0 Å². The van der Waals surface area contributed by atoms with E-state index in [1.54, 1.807) is 4.90 Å². The van der Waals surface area contributed by atoms with Crippen LogP contribution in [0.1, 0.15) is 49.8 Å². The summed E-state index contributed by atoms with van der Waals surface area (Å²) < 4.78 is 12.4. The van der Waals surface area contributed by atoms with Gasteiger partial charge < -0.3 is 24.2 Å². The number of fused-ring (bicyclic) bond motifs is 2. The molecular formula is C35H39ClN6O3. The van der Waals surface area contributed by atoms with Crippen molar-refractivity contribution in [2.75, 3.05) is 49.2 Å². The molecule has 7 rings (SSSR count). The van der Waals surface area contributed by atoms with Gasteiger partial charge in [0.05, 0.1) is 48.5 Å². The maximum Gasteiger partial charge on any atom is 0.318 e. The molecule has 2 aliphatic heterocycles. The van der Waals surface area contributed by atoms with Crippen molar-refractivity contribution in [3.05, 3.63) is 65.3 Å². The standard InChI is InChI=1S/C35H39ClN6O3/c1-2-31(43)42-18-17-41(22-25(42)10-15-37)33-27-11-16-40(30-8-4-6-24-5-3-7-28(36)32(24)30)23-29(27)38-34(39-33)45-20-19-44-26-9-12-35(21-26)13-14-35/h2-8,25-26H,1,9-14,16-23H2/t25-,26?/m0/s1. The molecule has 0 radical (unpaired) electrons. The monoisotopic (exact) mass is 626 g/mol. The van der Waals surface area contributed by atoms with Crippen LogP contribution in [0.4, 0.5) is 11.5 Å². The van der Waals surface area contributed by atoms with Gasteiger partial charge in [-0.15, -0.1) is 0 Å². The topological polar surface area (TPSA) is 94.8 Å². The largest absolute Gasteiger partial charge is 0.461 e. The molecule has 2 saturated carbocycles. The number of aromatic nitrogens is 2. The van der Waals surface area contributed by atoms with E-state index in [2.05, 4.69) is 46.7 Å². The molecule has 3 heterocycles. The van der Waals surface area contributed by atoms with Gasteiger partial charge in [0.1, 0.15) is 12.4 Å². The predicted molar refractivity (Wildman–Crippen MR) is 175 cm³/mol. The number of benzene rings is 2. The van der Waals surface area contributed by atoms with E-state index in [0.717, 1.165) is 57.9 Å². The summed E-state index contributed by atoms with van der Waals surface area (Å²) in [5.41, 5.74) is 3.65. The number of nitrogens with zero attached hydrogens (tertiary/aromatic N) is 6. The summed E-state index contributed by atoms with van der Waals surface area (Å²) in [7, 11) is 0. The Kier molecular flexibility index (Phi) is 8.28. The minimum Gasteiger partial charge on any atom is -0.461 e. The summed E-state index contributed by atoms with van der Waals surface area (Å²) in [5, 5.41) is 12.4. The van der Waals surface area contributed by atoms with Crippen LogP contribution in [-0.4, -0.2) is 72.3 Å². The number of nitriles is 1. The van der Waals surface area contributed by atoms with E-state index in [1.807, 2.05) is 12.1 Å². The smallest absolute Gasteiger partial charge is 0.318 e. The molecule has 9 nitrogen and oxygen atoms in total. The molecule has 2 atom stereocenters. The van der Waals surface area contributed by atoms with Crippen molar-refractivity contribution >= 4 is 39.8 Å². The fourth-order valence-corrected chi connectivity index (χ4v) is 7.75. The lowest BCUT2D eigenvalue weighted by Gasteiger charge is -2.42. The van der Waals surface area contributed by atoms with Gasteiger partial charge in [-0.25, -0.2) is 0 Å². The van der Waals surface area contributed by atoms with Gasteiger partial charge in [0.2, 0.25) is 5.91 Å². The highest BCUT2D eigenvalue weighted by atomic mass is 35.5. The molecule has 1 spiro atoms. The van der Waals surface area contributed by atoms with E-state index in [-0.39, 0.29) is 18.4 Å². The van der Waals surface area contributed by atoms with Crippen molar-refractivity contribution in [3.8, 4) is 12.1 Å². The first-order valence-corrected chi connectivity index (χ1v) is 16.5. The second-order valence-electron chi connectivity index (χ2n) is 12.8. The molecule has 2 aliphatic carbocycles. The van der Waals surface area contributed by atoms with E-state index in [1.165, 1.54) is 31.8 Å². The fraction of sp³-hybridized carbons (Fsp3) is 0.486. The number of hydrogen-bond acceptors (Lipinski definition) is 8. The van der Waals surface area contributed by atoms with Crippen LogP contribution in [0.25, 0.3) is 10.8 Å². The zero-order valence-corrected chi connectivity index (χ0v) is 26.3. The van der Waals surface area contributed by atoms with Crippen molar-refractivity contribution in [2.24, 2.45) is 5.41 Å². The number of amides is 1. The summed E-state index contributed by atoms with van der Waals surface area (Å²) >= 11 is 6.71. The van der Waals surface area contributed by atoms with Gasteiger partial charge >= 0.3 is 6.01 Å². The highest BCUT2D eigenvalue weighted by molar-refractivity contribution is 6.36. The molecule has 3 fully saturated rings. The Balaban J connectivity index is 1.15. The maximum atomic E-state index is 12.6. The molecule has 10 heteroatoms. The summed E-state index contributed by atoms with van der Waals surface area (Å²) in [6.45, 7) is 7.49. The predicted octanol–water partition coefficient (Wildman–Crippen LogP) is 5.69. The molecule has 4 aliphatic rings. The normalized spacial score (nSPS) is 21.9. The molecule has 3 aromatic rings. The van der Waals surface area contributed by atoms with Gasteiger partial charge in [-0.1, -0.05) is 42.4 Å². The third kappa shape index (κ3) is 6.06. The molecule has 1 amide bonds. The molecule has 1 aromatic heterocycles. The van der Waals surface area contributed by atoms with E-state index in [9.17, 15) is 10.1 Å². The minimum atomic E-state index is -0.253. The second kappa shape index (κ2) is 12.5. The lowest BCUT2D eigenvalue weighted by Crippen LogP contribution is -2.55. The van der Waals surface area contributed by atoms with Crippen LogP contribution in [0.2, 0.25) is 5.02 Å².